The van der Waals surface area contributed by atoms with Gasteiger partial charge < -0.3 is 24.2 Å². The predicted molar refractivity (Wildman–Crippen MR) is 142 cm³/mol. The third kappa shape index (κ3) is 5.62. The van der Waals surface area contributed by atoms with Crippen LogP contribution in [0.25, 0.3) is 0 Å². The fourth-order valence-corrected chi connectivity index (χ4v) is 6.83. The van der Waals surface area contributed by atoms with Crippen LogP contribution in [0.4, 0.5) is 24.5 Å². The summed E-state index contributed by atoms with van der Waals surface area (Å²) in [5, 5.41) is 11.7. The molecule has 212 valence electrons. The van der Waals surface area contributed by atoms with Crippen molar-refractivity contribution in [1.29, 1.82) is 0 Å². The summed E-state index contributed by atoms with van der Waals surface area (Å²) in [5.74, 6) is 1.16. The average Bonchev–Trinajstić information content (AvgIpc) is 3.76. The van der Waals surface area contributed by atoms with Gasteiger partial charge in [-0.05, 0) is 67.3 Å². The molecule has 40 heavy (non-hydrogen) atoms. The lowest BCUT2D eigenvalue weighted by Crippen LogP contribution is -2.60. The molecule has 1 aliphatic carbocycles. The maximum absolute atomic E-state index is 14.3. The molecular formula is C28H28F3N3O5S. The minimum atomic E-state index is -4.84. The molecule has 2 fully saturated rings. The van der Waals surface area contributed by atoms with E-state index in [4.69, 9.17) is 9.47 Å². The van der Waals surface area contributed by atoms with Gasteiger partial charge in [-0.25, -0.2) is 13.3 Å². The molecule has 1 saturated heterocycles. The van der Waals surface area contributed by atoms with Crippen LogP contribution in [-0.4, -0.2) is 53.6 Å². The van der Waals surface area contributed by atoms with Gasteiger partial charge in [-0.3, -0.25) is 0 Å². The summed E-state index contributed by atoms with van der Waals surface area (Å²) in [5.41, 5.74) is 1.52. The second-order valence-electron chi connectivity index (χ2n) is 10.0. The van der Waals surface area contributed by atoms with Crippen molar-refractivity contribution in [3.63, 3.8) is 0 Å². The summed E-state index contributed by atoms with van der Waals surface area (Å²) in [4.78, 5) is 2.16. The molecule has 0 bridgehead atoms. The zero-order valence-electron chi connectivity index (χ0n) is 21.3. The topological polar surface area (TPSA) is 92.6 Å². The number of nitrogens with one attached hydrogen (secondary N) is 1. The number of hydrogen-bond acceptors (Lipinski definition) is 7. The van der Waals surface area contributed by atoms with Gasteiger partial charge in [0.2, 0.25) is 0 Å². The van der Waals surface area contributed by atoms with E-state index in [1.165, 1.54) is 12.1 Å². The number of para-hydroxylation sites is 4. The fourth-order valence-electron chi connectivity index (χ4n) is 4.92. The summed E-state index contributed by atoms with van der Waals surface area (Å²) in [6.07, 6.45) is -3.93. The second-order valence-corrected chi connectivity index (χ2v) is 12.0. The van der Waals surface area contributed by atoms with E-state index < -0.39 is 40.2 Å². The molecule has 0 aromatic heterocycles. The third-order valence-electron chi connectivity index (χ3n) is 7.09. The molecule has 3 aromatic rings. The van der Waals surface area contributed by atoms with Crippen molar-refractivity contribution in [2.45, 2.75) is 42.3 Å². The quantitative estimate of drug-likeness (QED) is 0.392. The first-order valence-corrected chi connectivity index (χ1v) is 14.5. The molecule has 2 heterocycles. The number of halogens is 3. The highest BCUT2D eigenvalue weighted by molar-refractivity contribution is 7.91. The summed E-state index contributed by atoms with van der Waals surface area (Å²) >= 11 is 0. The van der Waals surface area contributed by atoms with Gasteiger partial charge in [0.15, 0.2) is 11.5 Å². The van der Waals surface area contributed by atoms with Gasteiger partial charge >= 0.3 is 6.36 Å². The lowest BCUT2D eigenvalue weighted by molar-refractivity contribution is -0.274. The molecule has 0 radical (unpaired) electrons. The van der Waals surface area contributed by atoms with E-state index in [1.54, 1.807) is 0 Å². The Kier molecular flexibility index (Phi) is 7.11. The normalized spacial score (nSPS) is 23.8. The molecule has 0 amide bonds. The highest BCUT2D eigenvalue weighted by atomic mass is 32.2. The number of rotatable bonds is 7. The monoisotopic (exact) mass is 575 g/mol. The number of ether oxygens (including phenoxy) is 3. The van der Waals surface area contributed by atoms with E-state index in [1.807, 2.05) is 53.4 Å². The van der Waals surface area contributed by atoms with Crippen molar-refractivity contribution in [2.24, 2.45) is 10.3 Å². The molecular weight excluding hydrogens is 547 g/mol. The highest BCUT2D eigenvalue weighted by Crippen LogP contribution is 2.48. The first-order valence-electron chi connectivity index (χ1n) is 13.0. The zero-order chi connectivity index (χ0) is 27.9. The SMILES string of the molecule is O=S(=NCC1CC1)(N[C@H]1COC[C@@H](N2c3ccccc3Oc3ccccc32)[C@@H]1O)c1ccc(OC(F)(F)F)cc1. The molecule has 8 nitrogen and oxygen atoms in total. The van der Waals surface area contributed by atoms with Crippen LogP contribution in [-0.2, 0) is 14.7 Å². The maximum atomic E-state index is 14.3. The first-order chi connectivity index (χ1) is 19.2. The van der Waals surface area contributed by atoms with Crippen LogP contribution in [0.3, 0.4) is 0 Å². The number of fused-ring (bicyclic) bond motifs is 2. The summed E-state index contributed by atoms with van der Waals surface area (Å²) in [6, 6.07) is 18.4. The van der Waals surface area contributed by atoms with Crippen molar-refractivity contribution in [2.75, 3.05) is 24.7 Å². The zero-order valence-corrected chi connectivity index (χ0v) is 22.1. The van der Waals surface area contributed by atoms with Crippen molar-refractivity contribution in [1.82, 2.24) is 4.72 Å². The van der Waals surface area contributed by atoms with E-state index >= 15 is 0 Å². The van der Waals surface area contributed by atoms with Gasteiger partial charge in [-0.15, -0.1) is 13.2 Å². The van der Waals surface area contributed by atoms with Crippen molar-refractivity contribution >= 4 is 21.3 Å². The smallest absolute Gasteiger partial charge is 0.453 e. The molecule has 3 aromatic carbocycles. The van der Waals surface area contributed by atoms with Crippen LogP contribution >= 0.6 is 0 Å². The Balaban J connectivity index is 1.30. The summed E-state index contributed by atoms with van der Waals surface area (Å²) in [7, 11) is -3.34. The van der Waals surface area contributed by atoms with Crippen LogP contribution in [0.2, 0.25) is 0 Å². The van der Waals surface area contributed by atoms with Crippen LogP contribution < -0.4 is 19.1 Å². The number of hydrogen-bond donors (Lipinski definition) is 2. The molecule has 1 unspecified atom stereocenters. The maximum Gasteiger partial charge on any atom is 0.573 e. The van der Waals surface area contributed by atoms with Gasteiger partial charge in [0, 0.05) is 0 Å². The molecule has 3 aliphatic rings. The molecule has 6 rings (SSSR count). The number of nitrogens with zero attached hydrogens (tertiary/aromatic N) is 2. The molecule has 2 aliphatic heterocycles. The van der Waals surface area contributed by atoms with Gasteiger partial charge in [-0.1, -0.05) is 24.3 Å². The Bertz CT molecular complexity index is 1440. The first kappa shape index (κ1) is 26.9. The molecule has 1 saturated carbocycles. The second kappa shape index (κ2) is 10.6. The third-order valence-corrected chi connectivity index (χ3v) is 9.14. The average molecular weight is 576 g/mol. The van der Waals surface area contributed by atoms with Crippen LogP contribution in [0.1, 0.15) is 12.8 Å². The van der Waals surface area contributed by atoms with Crippen molar-refractivity contribution < 1.29 is 36.7 Å². The van der Waals surface area contributed by atoms with Crippen LogP contribution in [0.15, 0.2) is 82.1 Å². The molecule has 12 heteroatoms. The summed E-state index contributed by atoms with van der Waals surface area (Å²) < 4.78 is 75.7. The van der Waals surface area contributed by atoms with Gasteiger partial charge in [0.05, 0.1) is 54.2 Å². The molecule has 0 spiro atoms. The van der Waals surface area contributed by atoms with E-state index in [2.05, 4.69) is 13.8 Å². The van der Waals surface area contributed by atoms with E-state index in [9.17, 15) is 22.5 Å². The van der Waals surface area contributed by atoms with Gasteiger partial charge in [-0.2, -0.15) is 0 Å². The Morgan fingerprint density at radius 2 is 1.60 bits per heavy atom. The van der Waals surface area contributed by atoms with Gasteiger partial charge in [0.1, 0.15) is 15.7 Å². The number of aliphatic hydroxyl groups is 1. The molecule has 2 N–H and O–H groups in total. The van der Waals surface area contributed by atoms with E-state index in [-0.39, 0.29) is 18.1 Å². The Hall–Kier alpha value is -3.32. The lowest BCUT2D eigenvalue weighted by atomic mass is 9.98. The van der Waals surface area contributed by atoms with Crippen LogP contribution in [0, 0.1) is 5.92 Å². The largest absolute Gasteiger partial charge is 0.573 e. The Labute approximate surface area is 230 Å². The van der Waals surface area contributed by atoms with E-state index in [0.29, 0.717) is 24.0 Å². The summed E-state index contributed by atoms with van der Waals surface area (Å²) in [6.45, 7) is 0.604. The lowest BCUT2D eigenvalue weighted by Gasteiger charge is -2.44. The Morgan fingerprint density at radius 1 is 0.975 bits per heavy atom. The fraction of sp³-hybridized carbons (Fsp3) is 0.357. The van der Waals surface area contributed by atoms with E-state index in [0.717, 1.165) is 36.3 Å². The number of anilines is 2. The standard InChI is InChI=1S/C28H28F3N3O5S/c29-28(30,31)39-19-11-13-20(14-12-19)40(36,32-15-18-9-10-18)33-21-16-37-17-24(27(21)35)34-22-5-1-3-7-25(22)38-26-8-4-2-6-23(26)34/h1-8,11-14,18,21,24,27,35H,9-10,15-17H2,(H,32,33,36)/t21-,24+,27+,40?/m0/s1. The van der Waals surface area contributed by atoms with Crippen molar-refractivity contribution in [3.8, 4) is 17.2 Å². The number of alkyl halides is 3. The number of aliphatic hydroxyl groups excluding tert-OH is 1. The minimum absolute atomic E-state index is 0.0660. The number of benzene rings is 3. The van der Waals surface area contributed by atoms with Crippen LogP contribution in [0.5, 0.6) is 17.2 Å². The Morgan fingerprint density at radius 3 is 2.20 bits per heavy atom. The van der Waals surface area contributed by atoms with Gasteiger partial charge in [0.25, 0.3) is 0 Å². The van der Waals surface area contributed by atoms with Crippen molar-refractivity contribution in [3.05, 3.63) is 72.8 Å². The molecule has 4 atom stereocenters. The highest BCUT2D eigenvalue weighted by Gasteiger charge is 2.42. The minimum Gasteiger partial charge on any atom is -0.453 e. The predicted octanol–water partition coefficient (Wildman–Crippen LogP) is 5.40.